The van der Waals surface area contributed by atoms with Gasteiger partial charge in [-0.25, -0.2) is 9.97 Å². The third-order valence-electron chi connectivity index (χ3n) is 1.44. The van der Waals surface area contributed by atoms with Crippen LogP contribution in [0, 0.1) is 0 Å². The molecule has 1 rings (SSSR count). The summed E-state index contributed by atoms with van der Waals surface area (Å²) < 4.78 is 0. The standard InChI is InChI=1S/C8H9Cl2N3O/c9-3-1-2-8(14)13-7-4-6(10)11-5-12-7/h4-5H,1-3H2,(H,11,12,13,14). The fraction of sp³-hybridized carbons (Fsp3) is 0.375. The van der Waals surface area contributed by atoms with Gasteiger partial charge in [0.05, 0.1) is 0 Å². The summed E-state index contributed by atoms with van der Waals surface area (Å²) in [6.45, 7) is 0. The maximum absolute atomic E-state index is 11.2. The number of nitrogens with one attached hydrogen (secondary N) is 1. The molecule has 0 saturated carbocycles. The number of halogens is 2. The van der Waals surface area contributed by atoms with Crippen LogP contribution in [0.1, 0.15) is 12.8 Å². The van der Waals surface area contributed by atoms with Crippen LogP contribution in [0.15, 0.2) is 12.4 Å². The van der Waals surface area contributed by atoms with Gasteiger partial charge in [-0.15, -0.1) is 11.6 Å². The monoisotopic (exact) mass is 233 g/mol. The van der Waals surface area contributed by atoms with Crippen molar-refractivity contribution in [3.8, 4) is 0 Å². The van der Waals surface area contributed by atoms with Crippen LogP contribution in [0.25, 0.3) is 0 Å². The number of aromatic nitrogens is 2. The predicted molar refractivity (Wildman–Crippen MR) is 55.6 cm³/mol. The lowest BCUT2D eigenvalue weighted by Gasteiger charge is -2.02. The topological polar surface area (TPSA) is 54.9 Å². The van der Waals surface area contributed by atoms with E-state index in [0.29, 0.717) is 29.7 Å². The van der Waals surface area contributed by atoms with Crippen LogP contribution in [0.4, 0.5) is 5.82 Å². The van der Waals surface area contributed by atoms with Crippen LogP contribution in [0.5, 0.6) is 0 Å². The Morgan fingerprint density at radius 3 is 2.93 bits per heavy atom. The van der Waals surface area contributed by atoms with E-state index in [0.717, 1.165) is 0 Å². The Morgan fingerprint density at radius 1 is 1.50 bits per heavy atom. The minimum atomic E-state index is -0.125. The number of carbonyl (C=O) groups is 1. The van der Waals surface area contributed by atoms with E-state index in [4.69, 9.17) is 23.2 Å². The van der Waals surface area contributed by atoms with Crippen LogP contribution in [0.3, 0.4) is 0 Å². The number of alkyl halides is 1. The molecule has 1 amide bonds. The molecule has 76 valence electrons. The molecule has 0 unspecified atom stereocenters. The molecule has 0 aliphatic rings. The van der Waals surface area contributed by atoms with Crippen LogP contribution >= 0.6 is 23.2 Å². The zero-order chi connectivity index (χ0) is 10.4. The summed E-state index contributed by atoms with van der Waals surface area (Å²) in [5.41, 5.74) is 0. The van der Waals surface area contributed by atoms with E-state index in [2.05, 4.69) is 15.3 Å². The fourth-order valence-electron chi connectivity index (χ4n) is 0.835. The van der Waals surface area contributed by atoms with Crippen molar-refractivity contribution in [2.24, 2.45) is 0 Å². The van der Waals surface area contributed by atoms with Gasteiger partial charge in [0.15, 0.2) is 0 Å². The Kier molecular flexibility index (Phi) is 4.62. The van der Waals surface area contributed by atoms with Crippen LogP contribution in [-0.4, -0.2) is 21.8 Å². The van der Waals surface area contributed by atoms with Crippen LogP contribution in [-0.2, 0) is 4.79 Å². The largest absolute Gasteiger partial charge is 0.311 e. The number of amides is 1. The molecule has 0 atom stereocenters. The van der Waals surface area contributed by atoms with Crippen molar-refractivity contribution < 1.29 is 4.79 Å². The number of hydrogen-bond acceptors (Lipinski definition) is 3. The minimum absolute atomic E-state index is 0.125. The van der Waals surface area contributed by atoms with E-state index in [9.17, 15) is 4.79 Å². The summed E-state index contributed by atoms with van der Waals surface area (Å²) in [7, 11) is 0. The second-order valence-electron chi connectivity index (χ2n) is 2.57. The highest BCUT2D eigenvalue weighted by molar-refractivity contribution is 6.29. The van der Waals surface area contributed by atoms with Crippen molar-refractivity contribution in [2.45, 2.75) is 12.8 Å². The highest BCUT2D eigenvalue weighted by atomic mass is 35.5. The van der Waals surface area contributed by atoms with Gasteiger partial charge in [0, 0.05) is 18.4 Å². The molecule has 1 aromatic heterocycles. The van der Waals surface area contributed by atoms with Gasteiger partial charge in [-0.2, -0.15) is 0 Å². The SMILES string of the molecule is O=C(CCCCl)Nc1cc(Cl)ncn1. The first kappa shape index (κ1) is 11.2. The molecule has 1 N–H and O–H groups in total. The molecular formula is C8H9Cl2N3O. The van der Waals surface area contributed by atoms with Gasteiger partial charge >= 0.3 is 0 Å². The van der Waals surface area contributed by atoms with Gasteiger partial charge in [0.2, 0.25) is 5.91 Å². The van der Waals surface area contributed by atoms with Gasteiger partial charge in [-0.05, 0) is 6.42 Å². The lowest BCUT2D eigenvalue weighted by Crippen LogP contribution is -2.12. The lowest BCUT2D eigenvalue weighted by molar-refractivity contribution is -0.116. The molecule has 0 aliphatic carbocycles. The van der Waals surface area contributed by atoms with Crippen LogP contribution < -0.4 is 5.32 Å². The molecule has 0 bridgehead atoms. The maximum atomic E-state index is 11.2. The molecule has 0 fully saturated rings. The number of carbonyl (C=O) groups excluding carboxylic acids is 1. The molecule has 0 radical (unpaired) electrons. The summed E-state index contributed by atoms with van der Waals surface area (Å²) in [5, 5.41) is 2.88. The molecule has 6 heteroatoms. The molecular weight excluding hydrogens is 225 g/mol. The Morgan fingerprint density at radius 2 is 2.29 bits per heavy atom. The second kappa shape index (κ2) is 5.78. The zero-order valence-corrected chi connectivity index (χ0v) is 8.85. The molecule has 0 saturated heterocycles. The number of rotatable bonds is 4. The number of nitrogens with zero attached hydrogens (tertiary/aromatic N) is 2. The highest BCUT2D eigenvalue weighted by Crippen LogP contribution is 2.08. The Hall–Kier alpha value is -0.870. The van der Waals surface area contributed by atoms with E-state index < -0.39 is 0 Å². The van der Waals surface area contributed by atoms with Gasteiger partial charge in [-0.3, -0.25) is 4.79 Å². The lowest BCUT2D eigenvalue weighted by atomic mass is 10.3. The van der Waals surface area contributed by atoms with Crippen molar-refractivity contribution in [1.29, 1.82) is 0 Å². The first-order chi connectivity index (χ1) is 6.72. The predicted octanol–water partition coefficient (Wildman–Crippen LogP) is 2.09. The molecule has 1 aromatic rings. The van der Waals surface area contributed by atoms with E-state index in [1.807, 2.05) is 0 Å². The van der Waals surface area contributed by atoms with E-state index in [1.165, 1.54) is 12.4 Å². The Labute approximate surface area is 91.6 Å². The quantitative estimate of drug-likeness (QED) is 0.641. The molecule has 0 aliphatic heterocycles. The Bertz CT molecular complexity index is 319. The van der Waals surface area contributed by atoms with Gasteiger partial charge in [0.1, 0.15) is 17.3 Å². The first-order valence-corrected chi connectivity index (χ1v) is 4.97. The van der Waals surface area contributed by atoms with E-state index in [1.54, 1.807) is 0 Å². The fourth-order valence-corrected chi connectivity index (χ4v) is 1.12. The van der Waals surface area contributed by atoms with E-state index >= 15 is 0 Å². The summed E-state index contributed by atoms with van der Waals surface area (Å²) in [6, 6.07) is 1.49. The second-order valence-corrected chi connectivity index (χ2v) is 3.33. The summed E-state index contributed by atoms with van der Waals surface area (Å²) >= 11 is 11.1. The number of anilines is 1. The Balaban J connectivity index is 2.47. The molecule has 4 nitrogen and oxygen atoms in total. The minimum Gasteiger partial charge on any atom is -0.311 e. The average molecular weight is 234 g/mol. The first-order valence-electron chi connectivity index (χ1n) is 4.05. The van der Waals surface area contributed by atoms with Crippen molar-refractivity contribution in [3.63, 3.8) is 0 Å². The molecule has 0 spiro atoms. The smallest absolute Gasteiger partial charge is 0.225 e. The molecule has 14 heavy (non-hydrogen) atoms. The van der Waals surface area contributed by atoms with Crippen molar-refractivity contribution in [3.05, 3.63) is 17.5 Å². The third-order valence-corrected chi connectivity index (χ3v) is 1.91. The van der Waals surface area contributed by atoms with Crippen molar-refractivity contribution >= 4 is 34.9 Å². The normalized spacial score (nSPS) is 9.86. The average Bonchev–Trinajstić information content (AvgIpc) is 2.15. The third kappa shape index (κ3) is 3.89. The number of hydrogen-bond donors (Lipinski definition) is 1. The maximum Gasteiger partial charge on any atom is 0.225 e. The van der Waals surface area contributed by atoms with Crippen molar-refractivity contribution in [2.75, 3.05) is 11.2 Å². The molecule has 0 aromatic carbocycles. The van der Waals surface area contributed by atoms with Gasteiger partial charge < -0.3 is 5.32 Å². The molecule has 1 heterocycles. The van der Waals surface area contributed by atoms with Crippen LogP contribution in [0.2, 0.25) is 5.15 Å². The highest BCUT2D eigenvalue weighted by Gasteiger charge is 2.02. The van der Waals surface area contributed by atoms with Gasteiger partial charge in [0.25, 0.3) is 0 Å². The zero-order valence-electron chi connectivity index (χ0n) is 7.33. The summed E-state index contributed by atoms with van der Waals surface area (Å²) in [5.74, 6) is 0.753. The summed E-state index contributed by atoms with van der Waals surface area (Å²) in [4.78, 5) is 18.7. The summed E-state index contributed by atoms with van der Waals surface area (Å²) in [6.07, 6.45) is 2.32. The van der Waals surface area contributed by atoms with E-state index in [-0.39, 0.29) is 5.91 Å². The van der Waals surface area contributed by atoms with Crippen molar-refractivity contribution in [1.82, 2.24) is 9.97 Å². The van der Waals surface area contributed by atoms with Gasteiger partial charge in [-0.1, -0.05) is 11.6 Å².